The second-order valence-electron chi connectivity index (χ2n) is 6.71. The molecule has 0 aromatic rings. The highest BCUT2D eigenvalue weighted by Gasteiger charge is 2.27. The Kier molecular flexibility index (Phi) is 8.55. The number of hydrogen-bond donors (Lipinski definition) is 1. The summed E-state index contributed by atoms with van der Waals surface area (Å²) in [6, 6.07) is -0.230. The van der Waals surface area contributed by atoms with E-state index >= 15 is 0 Å². The van der Waals surface area contributed by atoms with Gasteiger partial charge in [-0.15, -0.1) is 0 Å². The van der Waals surface area contributed by atoms with Crippen LogP contribution < -0.4 is 5.73 Å². The smallest absolute Gasteiger partial charge is 0.325 e. The van der Waals surface area contributed by atoms with E-state index in [0.717, 1.165) is 12.8 Å². The quantitative estimate of drug-likeness (QED) is 0.697. The molecule has 2 N–H and O–H groups in total. The molecule has 1 amide bonds. The minimum absolute atomic E-state index is 0.00267. The summed E-state index contributed by atoms with van der Waals surface area (Å²) in [7, 11) is 1.34. The maximum atomic E-state index is 12.5. The summed E-state index contributed by atoms with van der Waals surface area (Å²) in [6.45, 7) is 10.8. The van der Waals surface area contributed by atoms with E-state index in [1.807, 2.05) is 20.8 Å². The predicted octanol–water partition coefficient (Wildman–Crippen LogP) is 2.19. The maximum Gasteiger partial charge on any atom is 0.325 e. The molecular weight excluding hydrogens is 268 g/mol. The van der Waals surface area contributed by atoms with E-state index in [1.54, 1.807) is 4.90 Å². The van der Waals surface area contributed by atoms with Gasteiger partial charge in [-0.2, -0.15) is 0 Å². The lowest BCUT2D eigenvalue weighted by atomic mass is 9.85. The van der Waals surface area contributed by atoms with Crippen molar-refractivity contribution in [1.82, 2.24) is 4.90 Å². The van der Waals surface area contributed by atoms with Gasteiger partial charge < -0.3 is 15.4 Å². The zero-order chi connectivity index (χ0) is 16.6. The van der Waals surface area contributed by atoms with Crippen LogP contribution in [0, 0.1) is 11.3 Å². The number of hydrogen-bond acceptors (Lipinski definition) is 4. The third kappa shape index (κ3) is 7.46. The average molecular weight is 300 g/mol. The number of rotatable bonds is 8. The normalized spacial score (nSPS) is 13.1. The summed E-state index contributed by atoms with van der Waals surface area (Å²) in [5.74, 6) is -0.0715. The van der Waals surface area contributed by atoms with Crippen LogP contribution in [-0.2, 0) is 14.3 Å². The molecule has 0 saturated carbocycles. The molecule has 0 spiro atoms. The van der Waals surface area contributed by atoms with Gasteiger partial charge in [0.2, 0.25) is 5.91 Å². The molecule has 0 aliphatic carbocycles. The van der Waals surface area contributed by atoms with Crippen LogP contribution in [0.25, 0.3) is 0 Å². The monoisotopic (exact) mass is 300 g/mol. The van der Waals surface area contributed by atoms with Gasteiger partial charge in [0.1, 0.15) is 6.54 Å². The van der Waals surface area contributed by atoms with E-state index in [0.29, 0.717) is 12.5 Å². The predicted molar refractivity (Wildman–Crippen MR) is 84.7 cm³/mol. The number of carbonyl (C=O) groups is 2. The number of nitrogens with zero attached hydrogens (tertiary/aromatic N) is 1. The van der Waals surface area contributed by atoms with Crippen LogP contribution in [-0.4, -0.2) is 43.0 Å². The van der Waals surface area contributed by atoms with Crippen molar-refractivity contribution in [3.8, 4) is 0 Å². The van der Waals surface area contributed by atoms with Crippen molar-refractivity contribution < 1.29 is 14.3 Å². The summed E-state index contributed by atoms with van der Waals surface area (Å²) >= 11 is 0. The fraction of sp³-hybridized carbons (Fsp3) is 0.875. The highest BCUT2D eigenvalue weighted by Crippen LogP contribution is 2.21. The number of carbonyl (C=O) groups excluding carboxylic acids is 2. The van der Waals surface area contributed by atoms with Crippen molar-refractivity contribution in [2.75, 3.05) is 20.2 Å². The van der Waals surface area contributed by atoms with Crippen LogP contribution in [0.3, 0.4) is 0 Å². The van der Waals surface area contributed by atoms with E-state index in [4.69, 9.17) is 5.73 Å². The number of esters is 1. The van der Waals surface area contributed by atoms with E-state index < -0.39 is 5.97 Å². The van der Waals surface area contributed by atoms with Crippen molar-refractivity contribution in [3.05, 3.63) is 0 Å². The molecule has 5 heteroatoms. The van der Waals surface area contributed by atoms with E-state index in [1.165, 1.54) is 7.11 Å². The van der Waals surface area contributed by atoms with Gasteiger partial charge in [-0.1, -0.05) is 47.5 Å². The van der Waals surface area contributed by atoms with Gasteiger partial charge in [-0.3, -0.25) is 9.59 Å². The molecule has 0 aromatic carbocycles. The number of methoxy groups -OCH3 is 1. The van der Waals surface area contributed by atoms with E-state index in [-0.39, 0.29) is 30.3 Å². The molecular formula is C16H32N2O3. The molecule has 1 unspecified atom stereocenters. The standard InChI is InChI=1S/C16H32N2O3/c1-7-12(8-2)10-18(11-15(20)21-6)14(19)9-13(17)16(3,4)5/h12-13H,7-11,17H2,1-6H3. The van der Waals surface area contributed by atoms with Gasteiger partial charge in [0.25, 0.3) is 0 Å². The Bertz CT molecular complexity index is 333. The number of ether oxygens (including phenoxy) is 1. The first kappa shape index (κ1) is 19.9. The molecule has 0 radical (unpaired) electrons. The highest BCUT2D eigenvalue weighted by molar-refractivity contribution is 5.82. The zero-order valence-electron chi connectivity index (χ0n) is 14.4. The topological polar surface area (TPSA) is 72.6 Å². The molecule has 5 nitrogen and oxygen atoms in total. The summed E-state index contributed by atoms with van der Waals surface area (Å²) in [4.78, 5) is 25.6. The Morgan fingerprint density at radius 2 is 1.71 bits per heavy atom. The van der Waals surface area contributed by atoms with Crippen molar-refractivity contribution >= 4 is 11.9 Å². The molecule has 0 aliphatic rings. The van der Waals surface area contributed by atoms with Crippen LogP contribution >= 0.6 is 0 Å². The maximum absolute atomic E-state index is 12.5. The number of amides is 1. The minimum Gasteiger partial charge on any atom is -0.468 e. The second-order valence-corrected chi connectivity index (χ2v) is 6.71. The number of nitrogens with two attached hydrogens (primary N) is 1. The Labute approximate surface area is 129 Å². The lowest BCUT2D eigenvalue weighted by Crippen LogP contribution is -2.45. The summed E-state index contributed by atoms with van der Waals surface area (Å²) < 4.78 is 4.69. The fourth-order valence-corrected chi connectivity index (χ4v) is 1.96. The molecule has 124 valence electrons. The van der Waals surface area contributed by atoms with Gasteiger partial charge in [-0.05, 0) is 11.3 Å². The van der Waals surface area contributed by atoms with Crippen molar-refractivity contribution in [3.63, 3.8) is 0 Å². The van der Waals surface area contributed by atoms with Gasteiger partial charge in [0.15, 0.2) is 0 Å². The first-order chi connectivity index (χ1) is 9.65. The summed E-state index contributed by atoms with van der Waals surface area (Å²) in [6.07, 6.45) is 2.21. The molecule has 0 heterocycles. The zero-order valence-corrected chi connectivity index (χ0v) is 14.4. The van der Waals surface area contributed by atoms with Crippen LogP contribution in [0.15, 0.2) is 0 Å². The van der Waals surface area contributed by atoms with Gasteiger partial charge in [-0.25, -0.2) is 0 Å². The van der Waals surface area contributed by atoms with Crippen LogP contribution in [0.1, 0.15) is 53.9 Å². The third-order valence-electron chi connectivity index (χ3n) is 4.04. The van der Waals surface area contributed by atoms with Crippen molar-refractivity contribution in [2.45, 2.75) is 59.9 Å². The van der Waals surface area contributed by atoms with E-state index in [2.05, 4.69) is 18.6 Å². The van der Waals surface area contributed by atoms with Crippen molar-refractivity contribution in [2.24, 2.45) is 17.1 Å². The summed E-state index contributed by atoms with van der Waals surface area (Å²) in [5.41, 5.74) is 5.95. The molecule has 0 aromatic heterocycles. The van der Waals surface area contributed by atoms with Crippen LogP contribution in [0.2, 0.25) is 0 Å². The van der Waals surface area contributed by atoms with Gasteiger partial charge in [0.05, 0.1) is 7.11 Å². The molecule has 0 bridgehead atoms. The highest BCUT2D eigenvalue weighted by atomic mass is 16.5. The van der Waals surface area contributed by atoms with Crippen LogP contribution in [0.4, 0.5) is 0 Å². The Balaban J connectivity index is 4.85. The fourth-order valence-electron chi connectivity index (χ4n) is 1.96. The van der Waals surface area contributed by atoms with Crippen molar-refractivity contribution in [1.29, 1.82) is 0 Å². The second kappa shape index (κ2) is 9.03. The molecule has 0 saturated heterocycles. The largest absolute Gasteiger partial charge is 0.468 e. The minimum atomic E-state index is -0.390. The first-order valence-corrected chi connectivity index (χ1v) is 7.75. The Hall–Kier alpha value is -1.10. The molecule has 0 rings (SSSR count). The molecule has 1 atom stereocenters. The molecule has 21 heavy (non-hydrogen) atoms. The Morgan fingerprint density at radius 3 is 2.10 bits per heavy atom. The van der Waals surface area contributed by atoms with Gasteiger partial charge in [0, 0.05) is 19.0 Å². The molecule has 0 aliphatic heterocycles. The SMILES string of the molecule is CCC(CC)CN(CC(=O)OC)C(=O)CC(N)C(C)(C)C. The first-order valence-electron chi connectivity index (χ1n) is 7.75. The van der Waals surface area contributed by atoms with Crippen LogP contribution in [0.5, 0.6) is 0 Å². The molecule has 0 fully saturated rings. The lowest BCUT2D eigenvalue weighted by molar-refractivity contribution is -0.147. The summed E-state index contributed by atoms with van der Waals surface area (Å²) in [5, 5.41) is 0. The Morgan fingerprint density at radius 1 is 1.19 bits per heavy atom. The third-order valence-corrected chi connectivity index (χ3v) is 4.04. The van der Waals surface area contributed by atoms with E-state index in [9.17, 15) is 9.59 Å². The average Bonchev–Trinajstić information content (AvgIpc) is 2.41. The van der Waals surface area contributed by atoms with Gasteiger partial charge >= 0.3 is 5.97 Å². The lowest BCUT2D eigenvalue weighted by Gasteiger charge is -2.31.